The monoisotopic (exact) mass is 302 g/mol. The second kappa shape index (κ2) is 5.86. The first-order valence-corrected chi connectivity index (χ1v) is 7.53. The molecule has 20 heavy (non-hydrogen) atoms. The Hall–Kier alpha value is -1.51. The zero-order valence-corrected chi connectivity index (χ0v) is 12.4. The quantitative estimate of drug-likeness (QED) is 0.608. The molecule has 2 N–H and O–H groups in total. The lowest BCUT2D eigenvalue weighted by Crippen LogP contribution is -2.48. The predicted octanol–water partition coefficient (Wildman–Crippen LogP) is 1.34. The summed E-state index contributed by atoms with van der Waals surface area (Å²) in [5.74, 6) is 0. The number of aliphatic hydroxyl groups is 1. The summed E-state index contributed by atoms with van der Waals surface area (Å²) in [6.45, 7) is 4.46. The van der Waals surface area contributed by atoms with Crippen LogP contribution in [0.3, 0.4) is 0 Å². The lowest BCUT2D eigenvalue weighted by atomic mass is 10.0. The number of nitrogens with zero attached hydrogens (tertiary/aromatic N) is 1. The second-order valence-electron chi connectivity index (χ2n) is 4.88. The fraction of sp³-hybridized carbons (Fsp3) is 0.500. The van der Waals surface area contributed by atoms with Crippen molar-refractivity contribution in [1.29, 1.82) is 0 Å². The van der Waals surface area contributed by atoms with Crippen molar-refractivity contribution in [2.24, 2.45) is 0 Å². The topological polar surface area (TPSA) is 110 Å². The van der Waals surface area contributed by atoms with Gasteiger partial charge in [-0.25, -0.2) is 13.1 Å². The van der Waals surface area contributed by atoms with E-state index in [-0.39, 0.29) is 17.2 Å². The van der Waals surface area contributed by atoms with Crippen LogP contribution in [0.4, 0.5) is 5.69 Å². The Balaban J connectivity index is 3.23. The van der Waals surface area contributed by atoms with E-state index in [1.165, 1.54) is 19.1 Å². The number of hydrogen-bond acceptors (Lipinski definition) is 5. The summed E-state index contributed by atoms with van der Waals surface area (Å²) < 4.78 is 26.8. The van der Waals surface area contributed by atoms with Gasteiger partial charge in [0, 0.05) is 11.6 Å². The molecule has 0 saturated carbocycles. The van der Waals surface area contributed by atoms with Crippen molar-refractivity contribution in [2.45, 2.75) is 37.6 Å². The highest BCUT2D eigenvalue weighted by Gasteiger charge is 2.29. The van der Waals surface area contributed by atoms with Crippen molar-refractivity contribution >= 4 is 15.7 Å². The Labute approximate surface area is 117 Å². The minimum atomic E-state index is -3.93. The zero-order valence-electron chi connectivity index (χ0n) is 11.6. The predicted molar refractivity (Wildman–Crippen MR) is 73.9 cm³/mol. The molecule has 1 atom stereocenters. The maximum atomic E-state index is 12.2. The van der Waals surface area contributed by atoms with Crippen LogP contribution in [0.5, 0.6) is 0 Å². The lowest BCUT2D eigenvalue weighted by molar-refractivity contribution is -0.385. The van der Waals surface area contributed by atoms with Gasteiger partial charge in [0.15, 0.2) is 0 Å². The van der Waals surface area contributed by atoms with E-state index in [0.29, 0.717) is 12.0 Å². The van der Waals surface area contributed by atoms with Crippen molar-refractivity contribution in [1.82, 2.24) is 4.72 Å². The average molecular weight is 302 g/mol. The molecule has 0 radical (unpaired) electrons. The van der Waals surface area contributed by atoms with Gasteiger partial charge in [-0.2, -0.15) is 0 Å². The first-order valence-electron chi connectivity index (χ1n) is 6.05. The van der Waals surface area contributed by atoms with E-state index in [2.05, 4.69) is 4.72 Å². The van der Waals surface area contributed by atoms with Crippen LogP contribution in [0.1, 0.15) is 25.8 Å². The van der Waals surface area contributed by atoms with Crippen molar-refractivity contribution < 1.29 is 18.4 Å². The maximum absolute atomic E-state index is 12.2. The lowest BCUT2D eigenvalue weighted by Gasteiger charge is -2.26. The third-order valence-electron chi connectivity index (χ3n) is 3.20. The summed E-state index contributed by atoms with van der Waals surface area (Å²) in [5, 5.41) is 20.1. The Kier molecular flexibility index (Phi) is 4.85. The van der Waals surface area contributed by atoms with E-state index in [9.17, 15) is 23.6 Å². The second-order valence-corrected chi connectivity index (χ2v) is 6.57. The molecule has 1 aromatic rings. The molecule has 0 aliphatic rings. The molecule has 0 aromatic heterocycles. The molecule has 0 spiro atoms. The zero-order chi connectivity index (χ0) is 15.6. The van der Waals surface area contributed by atoms with Crippen LogP contribution >= 0.6 is 0 Å². The standard InChI is InChI=1S/C12H18N2O5S/c1-4-12(3,8-15)13-20(18,19)10-6-5-9(2)11(7-10)14(16)17/h5-7,13,15H,4,8H2,1-3H3. The summed E-state index contributed by atoms with van der Waals surface area (Å²) in [5.41, 5.74) is -0.872. The normalized spacial score (nSPS) is 14.8. The van der Waals surface area contributed by atoms with E-state index in [0.717, 1.165) is 6.07 Å². The molecule has 112 valence electrons. The Bertz CT molecular complexity index is 608. The largest absolute Gasteiger partial charge is 0.394 e. The molecule has 0 heterocycles. The highest BCUT2D eigenvalue weighted by Crippen LogP contribution is 2.23. The number of aliphatic hydroxyl groups excluding tert-OH is 1. The van der Waals surface area contributed by atoms with Crippen molar-refractivity contribution in [2.75, 3.05) is 6.61 Å². The first kappa shape index (κ1) is 16.5. The van der Waals surface area contributed by atoms with Crippen LogP contribution in [-0.2, 0) is 10.0 Å². The fourth-order valence-corrected chi connectivity index (χ4v) is 3.04. The SMILES string of the molecule is CCC(C)(CO)NS(=O)(=O)c1ccc(C)c([N+](=O)[O-])c1. The highest BCUT2D eigenvalue weighted by atomic mass is 32.2. The van der Waals surface area contributed by atoms with Gasteiger partial charge < -0.3 is 5.11 Å². The van der Waals surface area contributed by atoms with Crippen LogP contribution in [0, 0.1) is 17.0 Å². The minimum absolute atomic E-state index is 0.192. The Morgan fingerprint density at radius 2 is 2.05 bits per heavy atom. The average Bonchev–Trinajstić information content (AvgIpc) is 2.38. The fourth-order valence-electron chi connectivity index (χ4n) is 1.55. The Morgan fingerprint density at radius 1 is 1.45 bits per heavy atom. The van der Waals surface area contributed by atoms with Gasteiger partial charge in [-0.3, -0.25) is 10.1 Å². The van der Waals surface area contributed by atoms with Gasteiger partial charge in [-0.05, 0) is 26.3 Å². The van der Waals surface area contributed by atoms with E-state index in [1.807, 2.05) is 0 Å². The third-order valence-corrected chi connectivity index (χ3v) is 4.83. The maximum Gasteiger partial charge on any atom is 0.273 e. The highest BCUT2D eigenvalue weighted by molar-refractivity contribution is 7.89. The van der Waals surface area contributed by atoms with Crippen LogP contribution in [-0.4, -0.2) is 30.6 Å². The number of benzene rings is 1. The molecule has 0 saturated heterocycles. The molecular formula is C12H18N2O5S. The molecule has 1 rings (SSSR count). The molecule has 1 unspecified atom stereocenters. The molecule has 1 aromatic carbocycles. The van der Waals surface area contributed by atoms with Gasteiger partial charge in [0.25, 0.3) is 5.69 Å². The third kappa shape index (κ3) is 3.53. The summed E-state index contributed by atoms with van der Waals surface area (Å²) in [4.78, 5) is 10.0. The van der Waals surface area contributed by atoms with E-state index in [1.54, 1.807) is 13.8 Å². The van der Waals surface area contributed by atoms with Gasteiger partial charge in [-0.15, -0.1) is 0 Å². The van der Waals surface area contributed by atoms with Crippen LogP contribution in [0.2, 0.25) is 0 Å². The van der Waals surface area contributed by atoms with Crippen LogP contribution in [0.15, 0.2) is 23.1 Å². The molecule has 0 bridgehead atoms. The minimum Gasteiger partial charge on any atom is -0.394 e. The van der Waals surface area contributed by atoms with E-state index in [4.69, 9.17) is 0 Å². The summed E-state index contributed by atoms with van der Waals surface area (Å²) in [6, 6.07) is 3.71. The number of sulfonamides is 1. The van der Waals surface area contributed by atoms with Gasteiger partial charge in [-0.1, -0.05) is 13.0 Å². The molecule has 0 amide bonds. The van der Waals surface area contributed by atoms with Gasteiger partial charge in [0.1, 0.15) is 0 Å². The molecule has 0 aliphatic carbocycles. The smallest absolute Gasteiger partial charge is 0.273 e. The van der Waals surface area contributed by atoms with Gasteiger partial charge in [0.2, 0.25) is 10.0 Å². The van der Waals surface area contributed by atoms with Crippen molar-refractivity contribution in [3.8, 4) is 0 Å². The van der Waals surface area contributed by atoms with Crippen molar-refractivity contribution in [3.63, 3.8) is 0 Å². The van der Waals surface area contributed by atoms with E-state index < -0.39 is 20.5 Å². The van der Waals surface area contributed by atoms with Crippen molar-refractivity contribution in [3.05, 3.63) is 33.9 Å². The molecule has 7 nitrogen and oxygen atoms in total. The number of nitrogens with one attached hydrogen (secondary N) is 1. The number of rotatable bonds is 6. The molecule has 0 aliphatic heterocycles. The first-order chi connectivity index (χ1) is 9.15. The summed E-state index contributed by atoms with van der Waals surface area (Å²) in [6.07, 6.45) is 0.386. The van der Waals surface area contributed by atoms with Gasteiger partial charge >= 0.3 is 0 Å². The van der Waals surface area contributed by atoms with Crippen LogP contribution in [0.25, 0.3) is 0 Å². The molecular weight excluding hydrogens is 284 g/mol. The number of hydrogen-bond donors (Lipinski definition) is 2. The van der Waals surface area contributed by atoms with Crippen LogP contribution < -0.4 is 4.72 Å². The Morgan fingerprint density at radius 3 is 2.50 bits per heavy atom. The number of aryl methyl sites for hydroxylation is 1. The number of nitro groups is 1. The number of nitro benzene ring substituents is 1. The molecule has 0 fully saturated rings. The van der Waals surface area contributed by atoms with E-state index >= 15 is 0 Å². The molecule has 8 heteroatoms. The summed E-state index contributed by atoms with van der Waals surface area (Å²) >= 11 is 0. The van der Waals surface area contributed by atoms with Gasteiger partial charge in [0.05, 0.1) is 22.0 Å². The summed E-state index contributed by atoms with van der Waals surface area (Å²) in [7, 11) is -3.93.